The Morgan fingerprint density at radius 1 is 0.882 bits per heavy atom. The third-order valence-corrected chi connectivity index (χ3v) is 4.69. The molecule has 0 aromatic heterocycles. The van der Waals surface area contributed by atoms with Gasteiger partial charge in [0.05, 0.1) is 20.4 Å². The molecule has 172 valence electrons. The quantitative estimate of drug-likeness (QED) is 0.219. The van der Waals surface area contributed by atoms with E-state index < -0.39 is 11.8 Å². The number of ether oxygens (including phenoxy) is 2. The third kappa shape index (κ3) is 6.93. The highest BCUT2D eigenvalue weighted by molar-refractivity contribution is 6.03. The Bertz CT molecular complexity index is 1200. The van der Waals surface area contributed by atoms with E-state index in [2.05, 4.69) is 15.8 Å². The standard InChI is InChI=1S/C27H25N3O4/c1-33-23-17-16-22(25(18-23)34-2)19-28-30-27(32)24(15-9-12-20-10-5-3-6-11-20)29-26(31)21-13-7-4-8-14-21/h3-19H,1-2H3,(H,29,31)(H,30,32). The van der Waals surface area contributed by atoms with Crippen LogP contribution >= 0.6 is 0 Å². The summed E-state index contributed by atoms with van der Waals surface area (Å²) in [6.07, 6.45) is 6.48. The lowest BCUT2D eigenvalue weighted by atomic mass is 10.2. The summed E-state index contributed by atoms with van der Waals surface area (Å²) in [5.74, 6) is 0.190. The van der Waals surface area contributed by atoms with Gasteiger partial charge in [0.1, 0.15) is 17.2 Å². The van der Waals surface area contributed by atoms with Gasteiger partial charge in [-0.1, -0.05) is 60.7 Å². The summed E-state index contributed by atoms with van der Waals surface area (Å²) in [6.45, 7) is 0. The average Bonchev–Trinajstić information content (AvgIpc) is 2.89. The molecule has 0 saturated carbocycles. The van der Waals surface area contributed by atoms with Crippen molar-refractivity contribution < 1.29 is 19.1 Å². The van der Waals surface area contributed by atoms with E-state index in [-0.39, 0.29) is 5.70 Å². The topological polar surface area (TPSA) is 89.0 Å². The van der Waals surface area contributed by atoms with Gasteiger partial charge in [-0.2, -0.15) is 5.10 Å². The maximum absolute atomic E-state index is 12.8. The molecule has 0 bridgehead atoms. The number of methoxy groups -OCH3 is 2. The highest BCUT2D eigenvalue weighted by atomic mass is 16.5. The van der Waals surface area contributed by atoms with Gasteiger partial charge in [-0.15, -0.1) is 0 Å². The number of nitrogens with zero attached hydrogens (tertiary/aromatic N) is 1. The van der Waals surface area contributed by atoms with E-state index in [0.29, 0.717) is 22.6 Å². The zero-order chi connectivity index (χ0) is 24.2. The number of hydrogen-bond acceptors (Lipinski definition) is 5. The number of amides is 2. The van der Waals surface area contributed by atoms with Crippen LogP contribution in [0.4, 0.5) is 0 Å². The molecule has 0 aliphatic heterocycles. The van der Waals surface area contributed by atoms with E-state index in [1.54, 1.807) is 55.7 Å². The van der Waals surface area contributed by atoms with Gasteiger partial charge in [0.25, 0.3) is 11.8 Å². The minimum Gasteiger partial charge on any atom is -0.497 e. The fourth-order valence-electron chi connectivity index (χ4n) is 2.92. The second-order valence-corrected chi connectivity index (χ2v) is 6.98. The van der Waals surface area contributed by atoms with Crippen molar-refractivity contribution in [3.05, 3.63) is 113 Å². The molecule has 0 heterocycles. The summed E-state index contributed by atoms with van der Waals surface area (Å²) in [5, 5.41) is 6.66. The Kier molecular flexibility index (Phi) is 8.76. The number of hydrogen-bond donors (Lipinski definition) is 2. The van der Waals surface area contributed by atoms with Gasteiger partial charge in [0, 0.05) is 17.2 Å². The largest absolute Gasteiger partial charge is 0.497 e. The number of carbonyl (C=O) groups excluding carboxylic acids is 2. The van der Waals surface area contributed by atoms with Gasteiger partial charge >= 0.3 is 0 Å². The van der Waals surface area contributed by atoms with Crippen molar-refractivity contribution in [3.63, 3.8) is 0 Å². The molecule has 34 heavy (non-hydrogen) atoms. The van der Waals surface area contributed by atoms with E-state index in [1.165, 1.54) is 19.4 Å². The summed E-state index contributed by atoms with van der Waals surface area (Å²) < 4.78 is 10.5. The summed E-state index contributed by atoms with van der Waals surface area (Å²) in [7, 11) is 3.09. The lowest BCUT2D eigenvalue weighted by Crippen LogP contribution is -2.32. The third-order valence-electron chi connectivity index (χ3n) is 4.69. The van der Waals surface area contributed by atoms with Gasteiger partial charge in [-0.3, -0.25) is 9.59 Å². The van der Waals surface area contributed by atoms with Gasteiger partial charge in [0.15, 0.2) is 0 Å². The average molecular weight is 456 g/mol. The number of nitrogens with one attached hydrogen (secondary N) is 2. The zero-order valence-corrected chi connectivity index (χ0v) is 18.9. The fourth-order valence-corrected chi connectivity index (χ4v) is 2.92. The molecular formula is C27H25N3O4. The van der Waals surface area contributed by atoms with Crippen LogP contribution in [0, 0.1) is 0 Å². The van der Waals surface area contributed by atoms with Crippen molar-refractivity contribution in [1.29, 1.82) is 0 Å². The van der Waals surface area contributed by atoms with Crippen molar-refractivity contribution in [2.24, 2.45) is 5.10 Å². The molecule has 0 saturated heterocycles. The summed E-state index contributed by atoms with van der Waals surface area (Å²) >= 11 is 0. The predicted molar refractivity (Wildman–Crippen MR) is 133 cm³/mol. The Morgan fingerprint density at radius 3 is 2.26 bits per heavy atom. The first kappa shape index (κ1) is 24.0. The molecule has 2 amide bonds. The highest BCUT2D eigenvalue weighted by Gasteiger charge is 2.13. The van der Waals surface area contributed by atoms with E-state index in [0.717, 1.165) is 5.56 Å². The molecule has 3 aromatic carbocycles. The first-order valence-electron chi connectivity index (χ1n) is 10.5. The van der Waals surface area contributed by atoms with Gasteiger partial charge in [-0.25, -0.2) is 5.43 Å². The molecule has 2 N–H and O–H groups in total. The van der Waals surface area contributed by atoms with Crippen LogP contribution in [0.5, 0.6) is 11.5 Å². The van der Waals surface area contributed by atoms with E-state index in [9.17, 15) is 9.59 Å². The minimum absolute atomic E-state index is 0.0416. The number of carbonyl (C=O) groups is 2. The number of allylic oxidation sites excluding steroid dienone is 2. The smallest absolute Gasteiger partial charge is 0.287 e. The molecule has 0 radical (unpaired) electrons. The second kappa shape index (κ2) is 12.4. The zero-order valence-electron chi connectivity index (χ0n) is 18.9. The van der Waals surface area contributed by atoms with E-state index >= 15 is 0 Å². The molecule has 0 atom stereocenters. The second-order valence-electron chi connectivity index (χ2n) is 6.98. The summed E-state index contributed by atoms with van der Waals surface area (Å²) in [4.78, 5) is 25.4. The SMILES string of the molecule is COc1ccc(C=NNC(=O)C(=CC=Cc2ccccc2)NC(=O)c2ccccc2)c(OC)c1. The maximum Gasteiger partial charge on any atom is 0.287 e. The molecule has 0 fully saturated rings. The Labute approximate surface area is 198 Å². The van der Waals surface area contributed by atoms with Gasteiger partial charge < -0.3 is 14.8 Å². The van der Waals surface area contributed by atoms with Crippen LogP contribution in [0.15, 0.2) is 102 Å². The molecule has 7 heteroatoms. The van der Waals surface area contributed by atoms with Gasteiger partial charge in [0.2, 0.25) is 0 Å². The molecular weight excluding hydrogens is 430 g/mol. The molecule has 3 aromatic rings. The van der Waals surface area contributed by atoms with Crippen molar-refractivity contribution >= 4 is 24.1 Å². The lowest BCUT2D eigenvalue weighted by Gasteiger charge is -2.09. The normalized spacial score (nSPS) is 11.4. The van der Waals surface area contributed by atoms with Gasteiger partial charge in [-0.05, 0) is 35.9 Å². The van der Waals surface area contributed by atoms with Crippen molar-refractivity contribution in [3.8, 4) is 11.5 Å². The number of rotatable bonds is 9. The Hall–Kier alpha value is -4.65. The Balaban J connectivity index is 1.77. The van der Waals surface area contributed by atoms with Crippen LogP contribution in [-0.2, 0) is 4.79 Å². The van der Waals surface area contributed by atoms with E-state index in [4.69, 9.17) is 9.47 Å². The van der Waals surface area contributed by atoms with Crippen molar-refractivity contribution in [1.82, 2.24) is 10.7 Å². The molecule has 7 nitrogen and oxygen atoms in total. The van der Waals surface area contributed by atoms with E-state index in [1.807, 2.05) is 42.5 Å². The van der Waals surface area contributed by atoms with Crippen LogP contribution < -0.4 is 20.2 Å². The highest BCUT2D eigenvalue weighted by Crippen LogP contribution is 2.23. The lowest BCUT2D eigenvalue weighted by molar-refractivity contribution is -0.117. The minimum atomic E-state index is -0.578. The van der Waals surface area contributed by atoms with Crippen LogP contribution in [0.25, 0.3) is 6.08 Å². The molecule has 0 aliphatic carbocycles. The number of hydrazone groups is 1. The van der Waals surface area contributed by atoms with Crippen LogP contribution in [0.3, 0.4) is 0 Å². The predicted octanol–water partition coefficient (Wildman–Crippen LogP) is 4.18. The van der Waals surface area contributed by atoms with Crippen LogP contribution in [0.1, 0.15) is 21.5 Å². The molecule has 0 spiro atoms. The number of benzene rings is 3. The van der Waals surface area contributed by atoms with Crippen LogP contribution in [-0.4, -0.2) is 32.2 Å². The summed E-state index contributed by atoms with van der Waals surface area (Å²) in [6, 6.07) is 23.5. The summed E-state index contributed by atoms with van der Waals surface area (Å²) in [5.41, 5.74) is 4.52. The fraction of sp³-hybridized carbons (Fsp3) is 0.0741. The molecule has 3 rings (SSSR count). The monoisotopic (exact) mass is 455 g/mol. The molecule has 0 aliphatic rings. The van der Waals surface area contributed by atoms with Crippen LogP contribution in [0.2, 0.25) is 0 Å². The maximum atomic E-state index is 12.8. The Morgan fingerprint density at radius 2 is 1.59 bits per heavy atom. The first-order valence-corrected chi connectivity index (χ1v) is 10.5. The molecule has 0 unspecified atom stereocenters. The first-order chi connectivity index (χ1) is 16.6. The van der Waals surface area contributed by atoms with Crippen molar-refractivity contribution in [2.75, 3.05) is 14.2 Å². The van der Waals surface area contributed by atoms with Crippen molar-refractivity contribution in [2.45, 2.75) is 0 Å².